The normalized spacial score (nSPS) is 29.3. The second kappa shape index (κ2) is 3.75. The van der Waals surface area contributed by atoms with Crippen LogP contribution < -0.4 is 0 Å². The summed E-state index contributed by atoms with van der Waals surface area (Å²) in [5, 5.41) is 9.02. The number of nitrogens with zero attached hydrogens (tertiary/aromatic N) is 2. The van der Waals surface area contributed by atoms with E-state index in [0.717, 1.165) is 19.4 Å². The molecule has 0 aliphatic carbocycles. The summed E-state index contributed by atoms with van der Waals surface area (Å²) in [6.45, 7) is 0.780. The molecule has 1 heterocycles. The minimum Gasteiger partial charge on any atom is -0.467 e. The summed E-state index contributed by atoms with van der Waals surface area (Å²) in [5.74, 6) is -0.433. The quantitative estimate of drug-likeness (QED) is 0.555. The van der Waals surface area contributed by atoms with E-state index in [1.54, 1.807) is 11.9 Å². The maximum absolute atomic E-state index is 11.4. The van der Waals surface area contributed by atoms with Gasteiger partial charge in [0.1, 0.15) is 0 Å². The molecule has 0 aromatic carbocycles. The Balaban J connectivity index is 2.90. The number of hydrogen-bond donors (Lipinski definition) is 0. The van der Waals surface area contributed by atoms with Crippen molar-refractivity contribution in [2.75, 3.05) is 20.7 Å². The Hall–Kier alpha value is -1.08. The van der Waals surface area contributed by atoms with Gasteiger partial charge >= 0.3 is 5.97 Å². The van der Waals surface area contributed by atoms with Gasteiger partial charge in [0.25, 0.3) is 0 Å². The van der Waals surface area contributed by atoms with Crippen LogP contribution in [0.25, 0.3) is 0 Å². The van der Waals surface area contributed by atoms with E-state index in [-0.39, 0.29) is 0 Å². The molecule has 0 aromatic heterocycles. The van der Waals surface area contributed by atoms with E-state index >= 15 is 0 Å². The predicted octanol–water partition coefficient (Wildman–Crippen LogP) is 0.537. The molecule has 0 N–H and O–H groups in total. The smallest absolute Gasteiger partial charge is 0.341 e. The fraction of sp³-hybridized carbons (Fsp3) is 0.778. The van der Waals surface area contributed by atoms with Gasteiger partial charge in [-0.25, -0.2) is 4.79 Å². The van der Waals surface area contributed by atoms with Crippen molar-refractivity contribution in [3.8, 4) is 6.07 Å². The van der Waals surface area contributed by atoms with Crippen molar-refractivity contribution in [3.05, 3.63) is 0 Å². The molecule has 4 nitrogen and oxygen atoms in total. The molecule has 1 rings (SSSR count). The molecule has 0 saturated carbocycles. The highest BCUT2D eigenvalue weighted by Crippen LogP contribution is 2.27. The fourth-order valence-corrected chi connectivity index (χ4v) is 1.73. The average molecular weight is 182 g/mol. The fourth-order valence-electron chi connectivity index (χ4n) is 1.73. The van der Waals surface area contributed by atoms with Crippen molar-refractivity contribution in [2.45, 2.75) is 24.8 Å². The lowest BCUT2D eigenvalue weighted by Crippen LogP contribution is -2.54. The van der Waals surface area contributed by atoms with Crippen LogP contribution in [0.15, 0.2) is 0 Å². The van der Waals surface area contributed by atoms with Gasteiger partial charge in [-0.15, -0.1) is 0 Å². The Morgan fingerprint density at radius 2 is 2.31 bits per heavy atom. The second-order valence-electron chi connectivity index (χ2n) is 3.34. The average Bonchev–Trinajstić information content (AvgIpc) is 2.18. The van der Waals surface area contributed by atoms with E-state index in [0.29, 0.717) is 6.42 Å². The third kappa shape index (κ3) is 1.52. The Bertz CT molecular complexity index is 246. The first-order chi connectivity index (χ1) is 6.17. The Morgan fingerprint density at radius 1 is 1.62 bits per heavy atom. The SMILES string of the molecule is COC(=O)C1(C#N)CCCCN1C. The minimum absolute atomic E-state index is 0.433. The standard InChI is InChI=1S/C9H14N2O2/c1-11-6-4-3-5-9(11,7-10)8(12)13-2/h3-6H2,1-2H3. The topological polar surface area (TPSA) is 53.3 Å². The molecule has 1 unspecified atom stereocenters. The van der Waals surface area contributed by atoms with Crippen LogP contribution in [0.1, 0.15) is 19.3 Å². The predicted molar refractivity (Wildman–Crippen MR) is 46.8 cm³/mol. The number of carbonyl (C=O) groups excluding carboxylic acids is 1. The molecule has 0 aromatic rings. The lowest BCUT2D eigenvalue weighted by molar-refractivity contribution is -0.152. The first-order valence-electron chi connectivity index (χ1n) is 4.38. The molecule has 1 aliphatic heterocycles. The number of piperidine rings is 1. The summed E-state index contributed by atoms with van der Waals surface area (Å²) in [7, 11) is 3.11. The van der Waals surface area contributed by atoms with Gasteiger partial charge in [0.05, 0.1) is 13.2 Å². The Labute approximate surface area is 78.1 Å². The van der Waals surface area contributed by atoms with Crippen molar-refractivity contribution < 1.29 is 9.53 Å². The van der Waals surface area contributed by atoms with Crippen LogP contribution in [-0.4, -0.2) is 37.1 Å². The molecule has 1 aliphatic rings. The maximum atomic E-state index is 11.4. The van der Waals surface area contributed by atoms with Gasteiger partial charge < -0.3 is 4.74 Å². The number of esters is 1. The molecule has 1 fully saturated rings. The van der Waals surface area contributed by atoms with Gasteiger partial charge in [0.2, 0.25) is 5.54 Å². The second-order valence-corrected chi connectivity index (χ2v) is 3.34. The van der Waals surface area contributed by atoms with Crippen molar-refractivity contribution in [2.24, 2.45) is 0 Å². The third-order valence-corrected chi connectivity index (χ3v) is 2.64. The van der Waals surface area contributed by atoms with E-state index < -0.39 is 11.5 Å². The van der Waals surface area contributed by atoms with Crippen molar-refractivity contribution in [3.63, 3.8) is 0 Å². The van der Waals surface area contributed by atoms with Gasteiger partial charge in [-0.1, -0.05) is 0 Å². The lowest BCUT2D eigenvalue weighted by atomic mass is 9.88. The number of hydrogen-bond acceptors (Lipinski definition) is 4. The molecule has 1 saturated heterocycles. The highest BCUT2D eigenvalue weighted by atomic mass is 16.5. The first kappa shape index (κ1) is 10.0. The van der Waals surface area contributed by atoms with Gasteiger partial charge in [-0.3, -0.25) is 4.90 Å². The highest BCUT2D eigenvalue weighted by Gasteiger charge is 2.45. The minimum atomic E-state index is -1.03. The van der Waals surface area contributed by atoms with Crippen molar-refractivity contribution in [1.29, 1.82) is 5.26 Å². The molecule has 0 radical (unpaired) electrons. The van der Waals surface area contributed by atoms with Crippen LogP contribution in [0, 0.1) is 11.3 Å². The molecule has 13 heavy (non-hydrogen) atoms. The number of carbonyl (C=O) groups is 1. The summed E-state index contributed by atoms with van der Waals surface area (Å²) in [4.78, 5) is 13.2. The van der Waals surface area contributed by atoms with Crippen LogP contribution in [0.4, 0.5) is 0 Å². The van der Waals surface area contributed by atoms with Crippen LogP contribution in [0.5, 0.6) is 0 Å². The largest absolute Gasteiger partial charge is 0.467 e. The van der Waals surface area contributed by atoms with Crippen molar-refractivity contribution >= 4 is 5.97 Å². The monoisotopic (exact) mass is 182 g/mol. The Morgan fingerprint density at radius 3 is 2.77 bits per heavy atom. The van der Waals surface area contributed by atoms with Crippen LogP contribution in [-0.2, 0) is 9.53 Å². The maximum Gasteiger partial charge on any atom is 0.341 e. The Kier molecular flexibility index (Phi) is 2.89. The van der Waals surface area contributed by atoms with Gasteiger partial charge in [-0.05, 0) is 32.9 Å². The molecule has 4 heteroatoms. The summed E-state index contributed by atoms with van der Waals surface area (Å²) in [6, 6.07) is 2.07. The summed E-state index contributed by atoms with van der Waals surface area (Å²) in [5.41, 5.74) is -1.03. The zero-order chi connectivity index (χ0) is 9.90. The van der Waals surface area contributed by atoms with Gasteiger partial charge in [0.15, 0.2) is 0 Å². The molecular weight excluding hydrogens is 168 g/mol. The van der Waals surface area contributed by atoms with Crippen LogP contribution in [0.2, 0.25) is 0 Å². The summed E-state index contributed by atoms with van der Waals surface area (Å²) in [6.07, 6.45) is 2.52. The zero-order valence-corrected chi connectivity index (χ0v) is 8.04. The number of rotatable bonds is 1. The number of methoxy groups -OCH3 is 1. The van der Waals surface area contributed by atoms with E-state index in [4.69, 9.17) is 5.26 Å². The van der Waals surface area contributed by atoms with E-state index in [1.807, 2.05) is 0 Å². The van der Waals surface area contributed by atoms with E-state index in [2.05, 4.69) is 10.8 Å². The van der Waals surface area contributed by atoms with Crippen LogP contribution >= 0.6 is 0 Å². The number of ether oxygens (including phenoxy) is 1. The van der Waals surface area contributed by atoms with Crippen molar-refractivity contribution in [1.82, 2.24) is 4.90 Å². The van der Waals surface area contributed by atoms with Crippen LogP contribution in [0.3, 0.4) is 0 Å². The number of likely N-dealkylation sites (N-methyl/N-ethyl adjacent to an activating group) is 1. The third-order valence-electron chi connectivity index (χ3n) is 2.64. The molecule has 0 spiro atoms. The van der Waals surface area contributed by atoms with E-state index in [9.17, 15) is 4.79 Å². The number of nitriles is 1. The molecule has 0 bridgehead atoms. The molecule has 72 valence electrons. The van der Waals surface area contributed by atoms with E-state index in [1.165, 1.54) is 7.11 Å². The zero-order valence-electron chi connectivity index (χ0n) is 8.04. The van der Waals surface area contributed by atoms with Gasteiger partial charge in [-0.2, -0.15) is 5.26 Å². The molecular formula is C9H14N2O2. The van der Waals surface area contributed by atoms with Gasteiger partial charge in [0, 0.05) is 0 Å². The number of likely N-dealkylation sites (tertiary alicyclic amines) is 1. The summed E-state index contributed by atoms with van der Waals surface area (Å²) >= 11 is 0. The first-order valence-corrected chi connectivity index (χ1v) is 4.38. The summed E-state index contributed by atoms with van der Waals surface area (Å²) < 4.78 is 4.65. The molecule has 0 amide bonds. The molecule has 1 atom stereocenters. The highest BCUT2D eigenvalue weighted by molar-refractivity contribution is 5.84. The lowest BCUT2D eigenvalue weighted by Gasteiger charge is -2.37.